The van der Waals surface area contributed by atoms with Crippen LogP contribution in [-0.4, -0.2) is 34.5 Å². The summed E-state index contributed by atoms with van der Waals surface area (Å²) in [5.74, 6) is 0.352. The summed E-state index contributed by atoms with van der Waals surface area (Å²) in [6.07, 6.45) is 3.19. The minimum Gasteiger partial charge on any atom is -0.381 e. The number of hydrogen-bond donors (Lipinski definition) is 0. The first kappa shape index (κ1) is 9.95. The SMILES string of the molecule is COC1CC(COS(C)(=O)=O)C1. The molecular formula is C7H14O4S. The van der Waals surface area contributed by atoms with E-state index in [1.165, 1.54) is 0 Å². The van der Waals surface area contributed by atoms with Gasteiger partial charge in [-0.2, -0.15) is 8.42 Å². The van der Waals surface area contributed by atoms with Gasteiger partial charge in [-0.3, -0.25) is 4.18 Å². The normalized spacial score (nSPS) is 29.8. The third kappa shape index (κ3) is 3.08. The lowest BCUT2D eigenvalue weighted by Crippen LogP contribution is -2.33. The molecule has 0 heterocycles. The standard InChI is InChI=1S/C7H14O4S/c1-10-7-3-6(4-7)5-11-12(2,8)9/h6-7H,3-5H2,1-2H3. The van der Waals surface area contributed by atoms with Crippen molar-refractivity contribution in [3.8, 4) is 0 Å². The zero-order chi connectivity index (χ0) is 9.19. The summed E-state index contributed by atoms with van der Waals surface area (Å²) in [5.41, 5.74) is 0. The summed E-state index contributed by atoms with van der Waals surface area (Å²) < 4.78 is 30.8. The Hall–Kier alpha value is -0.130. The highest BCUT2D eigenvalue weighted by atomic mass is 32.2. The summed E-state index contributed by atoms with van der Waals surface area (Å²) in [6, 6.07) is 0. The van der Waals surface area contributed by atoms with Crippen molar-refractivity contribution in [3.63, 3.8) is 0 Å². The maximum Gasteiger partial charge on any atom is 0.264 e. The minimum absolute atomic E-state index is 0.304. The fourth-order valence-corrected chi connectivity index (χ4v) is 1.66. The summed E-state index contributed by atoms with van der Waals surface area (Å²) in [7, 11) is -1.60. The second kappa shape index (κ2) is 3.72. The molecule has 1 fully saturated rings. The summed E-state index contributed by atoms with van der Waals surface area (Å²) in [6.45, 7) is 0.304. The fraction of sp³-hybridized carbons (Fsp3) is 1.00. The molecule has 1 aliphatic rings. The van der Waals surface area contributed by atoms with Gasteiger partial charge in [-0.15, -0.1) is 0 Å². The molecule has 72 valence electrons. The molecule has 0 radical (unpaired) electrons. The Morgan fingerprint density at radius 3 is 2.42 bits per heavy atom. The van der Waals surface area contributed by atoms with Crippen molar-refractivity contribution in [1.82, 2.24) is 0 Å². The number of methoxy groups -OCH3 is 1. The van der Waals surface area contributed by atoms with Crippen LogP contribution in [0.2, 0.25) is 0 Å². The molecule has 0 spiro atoms. The van der Waals surface area contributed by atoms with E-state index in [0.717, 1.165) is 19.1 Å². The van der Waals surface area contributed by atoms with Crippen LogP contribution in [0.5, 0.6) is 0 Å². The van der Waals surface area contributed by atoms with Gasteiger partial charge in [0.25, 0.3) is 10.1 Å². The maximum atomic E-state index is 10.6. The first-order valence-electron chi connectivity index (χ1n) is 3.88. The molecule has 1 saturated carbocycles. The van der Waals surface area contributed by atoms with Gasteiger partial charge in [0.05, 0.1) is 19.0 Å². The maximum absolute atomic E-state index is 10.6. The molecule has 0 atom stereocenters. The van der Waals surface area contributed by atoms with Gasteiger partial charge >= 0.3 is 0 Å². The summed E-state index contributed by atoms with van der Waals surface area (Å²) in [4.78, 5) is 0. The van der Waals surface area contributed by atoms with E-state index in [1.54, 1.807) is 7.11 Å². The van der Waals surface area contributed by atoms with E-state index in [9.17, 15) is 8.42 Å². The van der Waals surface area contributed by atoms with Crippen LogP contribution in [0.4, 0.5) is 0 Å². The average Bonchev–Trinajstić information content (AvgIpc) is 1.82. The lowest BCUT2D eigenvalue weighted by atomic mass is 9.83. The molecule has 0 N–H and O–H groups in total. The Morgan fingerprint density at radius 1 is 1.42 bits per heavy atom. The number of ether oxygens (including phenoxy) is 1. The van der Waals surface area contributed by atoms with Crippen molar-refractivity contribution in [2.45, 2.75) is 18.9 Å². The van der Waals surface area contributed by atoms with Crippen LogP contribution >= 0.6 is 0 Å². The van der Waals surface area contributed by atoms with E-state index in [0.29, 0.717) is 18.6 Å². The van der Waals surface area contributed by atoms with Crippen LogP contribution in [0.15, 0.2) is 0 Å². The first-order valence-corrected chi connectivity index (χ1v) is 5.70. The molecule has 1 rings (SSSR count). The van der Waals surface area contributed by atoms with Crippen molar-refractivity contribution >= 4 is 10.1 Å². The van der Waals surface area contributed by atoms with Crippen molar-refractivity contribution in [2.75, 3.05) is 20.0 Å². The van der Waals surface area contributed by atoms with E-state index < -0.39 is 10.1 Å². The van der Waals surface area contributed by atoms with Gasteiger partial charge in [0, 0.05) is 7.11 Å². The van der Waals surface area contributed by atoms with Gasteiger partial charge in [-0.05, 0) is 18.8 Å². The van der Waals surface area contributed by atoms with Gasteiger partial charge in [0.1, 0.15) is 0 Å². The van der Waals surface area contributed by atoms with E-state index in [4.69, 9.17) is 4.74 Å². The van der Waals surface area contributed by atoms with Crippen LogP contribution in [0, 0.1) is 5.92 Å². The van der Waals surface area contributed by atoms with Gasteiger partial charge < -0.3 is 4.74 Å². The van der Waals surface area contributed by atoms with E-state index in [1.807, 2.05) is 0 Å². The molecular weight excluding hydrogens is 180 g/mol. The zero-order valence-corrected chi connectivity index (χ0v) is 8.13. The van der Waals surface area contributed by atoms with Gasteiger partial charge in [0.2, 0.25) is 0 Å². The highest BCUT2D eigenvalue weighted by molar-refractivity contribution is 7.85. The fourth-order valence-electron chi connectivity index (χ4n) is 1.22. The monoisotopic (exact) mass is 194 g/mol. The largest absolute Gasteiger partial charge is 0.381 e. The highest BCUT2D eigenvalue weighted by Gasteiger charge is 2.29. The third-order valence-corrected chi connectivity index (χ3v) is 2.61. The molecule has 0 aromatic rings. The molecule has 0 aromatic carbocycles. The van der Waals surface area contributed by atoms with Crippen LogP contribution in [0.25, 0.3) is 0 Å². The van der Waals surface area contributed by atoms with Crippen molar-refractivity contribution < 1.29 is 17.3 Å². The lowest BCUT2D eigenvalue weighted by molar-refractivity contribution is -0.0132. The van der Waals surface area contributed by atoms with Crippen molar-refractivity contribution in [3.05, 3.63) is 0 Å². The molecule has 0 unspecified atom stereocenters. The molecule has 0 saturated heterocycles. The topological polar surface area (TPSA) is 52.6 Å². The Morgan fingerprint density at radius 2 is 2.00 bits per heavy atom. The van der Waals surface area contributed by atoms with Gasteiger partial charge in [-0.1, -0.05) is 0 Å². The molecule has 5 heteroatoms. The van der Waals surface area contributed by atoms with Crippen LogP contribution in [0.1, 0.15) is 12.8 Å². The number of hydrogen-bond acceptors (Lipinski definition) is 4. The van der Waals surface area contributed by atoms with E-state index in [-0.39, 0.29) is 0 Å². The first-order chi connectivity index (χ1) is 5.51. The molecule has 0 aromatic heterocycles. The van der Waals surface area contributed by atoms with E-state index in [2.05, 4.69) is 4.18 Å². The van der Waals surface area contributed by atoms with Crippen LogP contribution in [-0.2, 0) is 19.0 Å². The Balaban J connectivity index is 2.12. The Bertz CT molecular complexity index is 228. The average molecular weight is 194 g/mol. The Kier molecular flexibility index (Phi) is 3.09. The lowest BCUT2D eigenvalue weighted by Gasteiger charge is -2.33. The summed E-state index contributed by atoms with van der Waals surface area (Å²) in [5, 5.41) is 0. The van der Waals surface area contributed by atoms with Crippen molar-refractivity contribution in [1.29, 1.82) is 0 Å². The zero-order valence-electron chi connectivity index (χ0n) is 7.32. The molecule has 12 heavy (non-hydrogen) atoms. The van der Waals surface area contributed by atoms with Gasteiger partial charge in [0.15, 0.2) is 0 Å². The predicted molar refractivity (Wildman–Crippen MR) is 44.3 cm³/mol. The van der Waals surface area contributed by atoms with E-state index >= 15 is 0 Å². The Labute approximate surface area is 73.0 Å². The molecule has 1 aliphatic carbocycles. The highest BCUT2D eigenvalue weighted by Crippen LogP contribution is 2.29. The predicted octanol–water partition coefficient (Wildman–Crippen LogP) is 0.388. The quantitative estimate of drug-likeness (QED) is 0.607. The minimum atomic E-state index is -3.26. The molecule has 0 bridgehead atoms. The smallest absolute Gasteiger partial charge is 0.264 e. The van der Waals surface area contributed by atoms with Crippen LogP contribution in [0.3, 0.4) is 0 Å². The van der Waals surface area contributed by atoms with Crippen LogP contribution < -0.4 is 0 Å². The summed E-state index contributed by atoms with van der Waals surface area (Å²) >= 11 is 0. The van der Waals surface area contributed by atoms with Gasteiger partial charge in [-0.25, -0.2) is 0 Å². The second-order valence-electron chi connectivity index (χ2n) is 3.18. The van der Waals surface area contributed by atoms with Crippen molar-refractivity contribution in [2.24, 2.45) is 5.92 Å². The third-order valence-electron chi connectivity index (χ3n) is 2.04. The number of rotatable bonds is 4. The molecule has 4 nitrogen and oxygen atoms in total. The molecule has 0 aliphatic heterocycles. The molecule has 0 amide bonds. The second-order valence-corrected chi connectivity index (χ2v) is 4.83.